The van der Waals surface area contributed by atoms with Crippen LogP contribution in [0.1, 0.15) is 39.5 Å². The second kappa shape index (κ2) is 3.83. The Morgan fingerprint density at radius 1 is 1.44 bits per heavy atom. The Kier molecular flexibility index (Phi) is 2.60. The second-order valence-corrected chi connectivity index (χ2v) is 6.69. The molecule has 3 fully saturated rings. The van der Waals surface area contributed by atoms with Gasteiger partial charge in [-0.05, 0) is 50.4 Å². The molecule has 0 amide bonds. The maximum absolute atomic E-state index is 11.6. The fraction of sp³-hybridized carbons (Fsp3) is 0.800. The molecule has 3 heteroatoms. The lowest BCUT2D eigenvalue weighted by Crippen LogP contribution is -2.34. The second-order valence-electron chi connectivity index (χ2n) is 6.69. The van der Waals surface area contributed by atoms with E-state index in [2.05, 4.69) is 13.5 Å². The minimum Gasteiger partial charge on any atom is -0.458 e. The summed E-state index contributed by atoms with van der Waals surface area (Å²) in [5.74, 6) is 1.26. The summed E-state index contributed by atoms with van der Waals surface area (Å²) in [6.45, 7) is 8.07. The normalized spacial score (nSPS) is 51.6. The molecule has 1 saturated heterocycles. The number of fused-ring (bicyclic) bond motifs is 2. The Morgan fingerprint density at radius 2 is 2.17 bits per heavy atom. The molecule has 0 aromatic heterocycles. The molecule has 18 heavy (non-hydrogen) atoms. The molecule has 0 bridgehead atoms. The van der Waals surface area contributed by atoms with Crippen molar-refractivity contribution in [3.63, 3.8) is 0 Å². The number of esters is 1. The number of ether oxygens (including phenoxy) is 1. The first-order chi connectivity index (χ1) is 8.40. The van der Waals surface area contributed by atoms with Crippen LogP contribution in [0.3, 0.4) is 0 Å². The lowest BCUT2D eigenvalue weighted by atomic mass is 9.77. The Bertz CT molecular complexity index is 399. The molecule has 0 aromatic rings. The quantitative estimate of drug-likeness (QED) is 0.530. The van der Waals surface area contributed by atoms with Crippen LogP contribution < -0.4 is 0 Å². The zero-order chi connectivity index (χ0) is 13.1. The van der Waals surface area contributed by atoms with Gasteiger partial charge in [0.15, 0.2) is 0 Å². The van der Waals surface area contributed by atoms with Gasteiger partial charge in [-0.2, -0.15) is 0 Å². The maximum atomic E-state index is 11.6. The highest BCUT2D eigenvalue weighted by atomic mass is 16.6. The number of carbonyl (C=O) groups is 1. The number of rotatable bonds is 0. The van der Waals surface area contributed by atoms with E-state index in [1.165, 1.54) is 0 Å². The number of aliphatic hydroxyl groups is 1. The van der Waals surface area contributed by atoms with E-state index in [0.717, 1.165) is 25.7 Å². The maximum Gasteiger partial charge on any atom is 0.334 e. The smallest absolute Gasteiger partial charge is 0.334 e. The van der Waals surface area contributed by atoms with Crippen LogP contribution in [0.15, 0.2) is 12.2 Å². The monoisotopic (exact) mass is 250 g/mol. The van der Waals surface area contributed by atoms with Crippen molar-refractivity contribution < 1.29 is 14.6 Å². The summed E-state index contributed by atoms with van der Waals surface area (Å²) >= 11 is 0. The predicted molar refractivity (Wildman–Crippen MR) is 67.7 cm³/mol. The van der Waals surface area contributed by atoms with Gasteiger partial charge in [-0.15, -0.1) is 0 Å². The summed E-state index contributed by atoms with van der Waals surface area (Å²) in [6.07, 6.45) is 3.76. The average Bonchev–Trinajstić information content (AvgIpc) is 2.65. The minimum absolute atomic E-state index is 0.00130. The first-order valence-corrected chi connectivity index (χ1v) is 7.02. The van der Waals surface area contributed by atoms with Crippen LogP contribution in [-0.4, -0.2) is 22.8 Å². The molecule has 1 N–H and O–H groups in total. The molecule has 0 spiro atoms. The van der Waals surface area contributed by atoms with E-state index in [1.807, 2.05) is 6.92 Å². The van der Waals surface area contributed by atoms with E-state index in [4.69, 9.17) is 4.74 Å². The molecule has 100 valence electrons. The van der Waals surface area contributed by atoms with Gasteiger partial charge in [-0.25, -0.2) is 4.79 Å². The van der Waals surface area contributed by atoms with Gasteiger partial charge in [0.25, 0.3) is 0 Å². The minimum atomic E-state index is -0.584. The highest BCUT2D eigenvalue weighted by Crippen LogP contribution is 2.53. The summed E-state index contributed by atoms with van der Waals surface area (Å²) in [4.78, 5) is 11.6. The first-order valence-electron chi connectivity index (χ1n) is 7.02. The van der Waals surface area contributed by atoms with Gasteiger partial charge in [-0.3, -0.25) is 0 Å². The van der Waals surface area contributed by atoms with Crippen LogP contribution >= 0.6 is 0 Å². The standard InChI is InChI=1S/C15H22O3/c1-8-6-13-11(9(2)14(16)18-13)7-12-10(8)4-5-15(12,3)17/h8,10-13,17H,2,4-7H2,1,3H3. The van der Waals surface area contributed by atoms with Crippen LogP contribution in [0, 0.1) is 23.7 Å². The van der Waals surface area contributed by atoms with Gasteiger partial charge < -0.3 is 9.84 Å². The van der Waals surface area contributed by atoms with Crippen molar-refractivity contribution >= 4 is 5.97 Å². The topological polar surface area (TPSA) is 46.5 Å². The molecule has 0 aromatic carbocycles. The lowest BCUT2D eigenvalue weighted by molar-refractivity contribution is -0.139. The van der Waals surface area contributed by atoms with Crippen molar-refractivity contribution in [1.82, 2.24) is 0 Å². The Hall–Kier alpha value is -0.830. The van der Waals surface area contributed by atoms with Crippen LogP contribution in [0.5, 0.6) is 0 Å². The molecular weight excluding hydrogens is 228 g/mol. The molecule has 1 aliphatic heterocycles. The lowest BCUT2D eigenvalue weighted by Gasteiger charge is -2.31. The van der Waals surface area contributed by atoms with E-state index in [0.29, 0.717) is 17.4 Å². The summed E-state index contributed by atoms with van der Waals surface area (Å²) in [6, 6.07) is 0. The molecule has 2 aliphatic carbocycles. The van der Waals surface area contributed by atoms with E-state index in [-0.39, 0.29) is 23.9 Å². The zero-order valence-electron chi connectivity index (χ0n) is 11.2. The van der Waals surface area contributed by atoms with Crippen LogP contribution in [-0.2, 0) is 9.53 Å². The van der Waals surface area contributed by atoms with Crippen molar-refractivity contribution in [2.75, 3.05) is 0 Å². The fourth-order valence-corrected chi connectivity index (χ4v) is 4.41. The van der Waals surface area contributed by atoms with Gasteiger partial charge in [0.05, 0.1) is 5.60 Å². The van der Waals surface area contributed by atoms with Crippen molar-refractivity contribution in [3.8, 4) is 0 Å². The summed E-state index contributed by atoms with van der Waals surface area (Å²) < 4.78 is 5.44. The molecule has 3 rings (SSSR count). The first kappa shape index (κ1) is 12.2. The number of hydrogen-bond acceptors (Lipinski definition) is 3. The van der Waals surface area contributed by atoms with Gasteiger partial charge >= 0.3 is 5.97 Å². The van der Waals surface area contributed by atoms with E-state index < -0.39 is 5.60 Å². The largest absolute Gasteiger partial charge is 0.458 e. The molecule has 6 unspecified atom stereocenters. The van der Waals surface area contributed by atoms with Gasteiger partial charge in [-0.1, -0.05) is 13.5 Å². The van der Waals surface area contributed by atoms with Gasteiger partial charge in [0.2, 0.25) is 0 Å². The molecule has 0 radical (unpaired) electrons. The number of hydrogen-bond donors (Lipinski definition) is 1. The summed E-state index contributed by atoms with van der Waals surface area (Å²) in [7, 11) is 0. The third kappa shape index (κ3) is 1.63. The zero-order valence-corrected chi connectivity index (χ0v) is 11.2. The molecule has 6 atom stereocenters. The average molecular weight is 250 g/mol. The molecule has 3 nitrogen and oxygen atoms in total. The van der Waals surface area contributed by atoms with Crippen molar-refractivity contribution in [2.24, 2.45) is 23.7 Å². The van der Waals surface area contributed by atoms with Crippen LogP contribution in [0.2, 0.25) is 0 Å². The molecule has 2 saturated carbocycles. The Labute approximate surface area is 108 Å². The van der Waals surface area contributed by atoms with E-state index in [1.54, 1.807) is 0 Å². The summed E-state index contributed by atoms with van der Waals surface area (Å²) in [5, 5.41) is 10.5. The van der Waals surface area contributed by atoms with Gasteiger partial charge in [0, 0.05) is 11.5 Å². The molecular formula is C15H22O3. The molecule has 1 heterocycles. The van der Waals surface area contributed by atoms with Crippen LogP contribution in [0.4, 0.5) is 0 Å². The van der Waals surface area contributed by atoms with Crippen molar-refractivity contribution in [1.29, 1.82) is 0 Å². The highest BCUT2D eigenvalue weighted by molar-refractivity contribution is 5.90. The number of carbonyl (C=O) groups excluding carboxylic acids is 1. The predicted octanol–water partition coefficient (Wildman–Crippen LogP) is 2.29. The van der Waals surface area contributed by atoms with Gasteiger partial charge in [0.1, 0.15) is 6.10 Å². The Balaban J connectivity index is 1.92. The highest BCUT2D eigenvalue weighted by Gasteiger charge is 2.53. The SMILES string of the molecule is C=C1C(=O)OC2CC(C)C3CCC(C)(O)C3CC12. The third-order valence-electron chi connectivity index (χ3n) is 5.56. The van der Waals surface area contributed by atoms with Crippen molar-refractivity contribution in [2.45, 2.75) is 51.2 Å². The van der Waals surface area contributed by atoms with Crippen LogP contribution in [0.25, 0.3) is 0 Å². The van der Waals surface area contributed by atoms with E-state index in [9.17, 15) is 9.90 Å². The molecule has 3 aliphatic rings. The van der Waals surface area contributed by atoms with E-state index >= 15 is 0 Å². The van der Waals surface area contributed by atoms with Crippen molar-refractivity contribution in [3.05, 3.63) is 12.2 Å². The third-order valence-corrected chi connectivity index (χ3v) is 5.56. The fourth-order valence-electron chi connectivity index (χ4n) is 4.41. The Morgan fingerprint density at radius 3 is 2.89 bits per heavy atom. The summed E-state index contributed by atoms with van der Waals surface area (Å²) in [5.41, 5.74) is 0.0373.